The van der Waals surface area contributed by atoms with E-state index in [2.05, 4.69) is 9.72 Å². The van der Waals surface area contributed by atoms with E-state index in [4.69, 9.17) is 11.6 Å². The first-order valence-corrected chi connectivity index (χ1v) is 5.54. The largest absolute Gasteiger partial charge is 0.468 e. The lowest BCUT2D eigenvalue weighted by Crippen LogP contribution is -2.19. The molecule has 2 aromatic heterocycles. The molecule has 0 spiro atoms. The Labute approximate surface area is 99.2 Å². The molecule has 5 nitrogen and oxygen atoms in total. The van der Waals surface area contributed by atoms with E-state index in [0.29, 0.717) is 15.5 Å². The summed E-state index contributed by atoms with van der Waals surface area (Å²) < 4.78 is 5.83. The van der Waals surface area contributed by atoms with Gasteiger partial charge in [0.2, 0.25) is 0 Å². The molecule has 0 saturated carbocycles. The van der Waals surface area contributed by atoms with E-state index in [0.717, 1.165) is 11.3 Å². The number of fused-ring (bicyclic) bond motifs is 1. The third-order valence-corrected chi connectivity index (χ3v) is 3.12. The molecule has 0 aliphatic rings. The first-order valence-electron chi connectivity index (χ1n) is 4.34. The molecule has 0 saturated heterocycles. The fourth-order valence-corrected chi connectivity index (χ4v) is 2.33. The topological polar surface area (TPSA) is 61.2 Å². The van der Waals surface area contributed by atoms with Crippen molar-refractivity contribution in [3.63, 3.8) is 0 Å². The Morgan fingerprint density at radius 2 is 2.38 bits per heavy atom. The van der Waals surface area contributed by atoms with Crippen LogP contribution in [0.1, 0.15) is 0 Å². The minimum Gasteiger partial charge on any atom is -0.468 e. The molecule has 0 aliphatic carbocycles. The number of thiazole rings is 1. The van der Waals surface area contributed by atoms with Gasteiger partial charge in [0.15, 0.2) is 0 Å². The molecular formula is C9H7ClN2O3S. The predicted octanol–water partition coefficient (Wildman–Crippen LogP) is 1.28. The summed E-state index contributed by atoms with van der Waals surface area (Å²) >= 11 is 6.66. The Balaban J connectivity index is 2.56. The Kier molecular flexibility index (Phi) is 2.93. The number of pyridine rings is 1. The third-order valence-electron chi connectivity index (χ3n) is 2.02. The van der Waals surface area contributed by atoms with Gasteiger partial charge in [-0.15, -0.1) is 0 Å². The molecule has 0 radical (unpaired) electrons. The van der Waals surface area contributed by atoms with Gasteiger partial charge < -0.3 is 4.74 Å². The molecule has 0 aromatic carbocycles. The maximum Gasteiger partial charge on any atom is 0.325 e. The van der Waals surface area contributed by atoms with Crippen molar-refractivity contribution in [2.75, 3.05) is 7.11 Å². The van der Waals surface area contributed by atoms with Gasteiger partial charge in [0, 0.05) is 0 Å². The van der Waals surface area contributed by atoms with E-state index in [9.17, 15) is 9.59 Å². The van der Waals surface area contributed by atoms with E-state index in [-0.39, 0.29) is 11.4 Å². The molecule has 2 heterocycles. The summed E-state index contributed by atoms with van der Waals surface area (Å²) in [5.74, 6) is -0.475. The van der Waals surface area contributed by atoms with E-state index in [1.54, 1.807) is 12.1 Å². The average molecular weight is 259 g/mol. The van der Waals surface area contributed by atoms with Crippen molar-refractivity contribution in [1.82, 2.24) is 9.55 Å². The smallest absolute Gasteiger partial charge is 0.325 e. The standard InChI is InChI=1S/C9H7ClN2O3S/c1-15-7(13)4-12-5-2-3-6(10)11-8(5)16-9(12)14/h2-3H,4H2,1H3. The minimum absolute atomic E-state index is 0.112. The average Bonchev–Trinajstić information content (AvgIpc) is 2.54. The van der Waals surface area contributed by atoms with E-state index in [1.165, 1.54) is 11.7 Å². The van der Waals surface area contributed by atoms with E-state index < -0.39 is 5.97 Å². The van der Waals surface area contributed by atoms with Crippen LogP contribution in [-0.2, 0) is 16.1 Å². The Morgan fingerprint density at radius 1 is 1.62 bits per heavy atom. The zero-order valence-electron chi connectivity index (χ0n) is 8.27. The van der Waals surface area contributed by atoms with Crippen molar-refractivity contribution >= 4 is 39.3 Å². The highest BCUT2D eigenvalue weighted by Crippen LogP contribution is 2.17. The van der Waals surface area contributed by atoms with Crippen LogP contribution in [0.5, 0.6) is 0 Å². The van der Waals surface area contributed by atoms with Gasteiger partial charge in [-0.1, -0.05) is 22.9 Å². The number of aromatic nitrogens is 2. The van der Waals surface area contributed by atoms with Crippen molar-refractivity contribution in [3.05, 3.63) is 27.0 Å². The quantitative estimate of drug-likeness (QED) is 0.601. The fraction of sp³-hybridized carbons (Fsp3) is 0.222. The molecule has 0 fully saturated rings. The van der Waals surface area contributed by atoms with Crippen molar-refractivity contribution in [1.29, 1.82) is 0 Å². The zero-order chi connectivity index (χ0) is 11.7. The number of ether oxygens (including phenoxy) is 1. The summed E-state index contributed by atoms with van der Waals surface area (Å²) in [5, 5.41) is 0.318. The summed E-state index contributed by atoms with van der Waals surface area (Å²) in [6, 6.07) is 3.23. The van der Waals surface area contributed by atoms with Crippen molar-refractivity contribution in [2.45, 2.75) is 6.54 Å². The molecule has 2 aromatic rings. The summed E-state index contributed by atoms with van der Waals surface area (Å²) in [6.07, 6.45) is 0. The maximum absolute atomic E-state index is 11.6. The Morgan fingerprint density at radius 3 is 3.06 bits per heavy atom. The lowest BCUT2D eigenvalue weighted by Gasteiger charge is -2.01. The molecule has 0 atom stereocenters. The van der Waals surface area contributed by atoms with Gasteiger partial charge in [0.05, 0.1) is 12.6 Å². The summed E-state index contributed by atoms with van der Waals surface area (Å²) in [6.45, 7) is -0.112. The normalized spacial score (nSPS) is 10.6. The fourth-order valence-electron chi connectivity index (χ4n) is 1.27. The molecule has 16 heavy (non-hydrogen) atoms. The van der Waals surface area contributed by atoms with Crippen LogP contribution in [0.25, 0.3) is 10.3 Å². The number of halogens is 1. The summed E-state index contributed by atoms with van der Waals surface area (Å²) in [4.78, 5) is 27.0. The molecule has 0 bridgehead atoms. The van der Waals surface area contributed by atoms with Crippen LogP contribution >= 0.6 is 22.9 Å². The van der Waals surface area contributed by atoms with Crippen LogP contribution in [0.3, 0.4) is 0 Å². The van der Waals surface area contributed by atoms with E-state index in [1.807, 2.05) is 0 Å². The van der Waals surface area contributed by atoms with Crippen LogP contribution in [0.15, 0.2) is 16.9 Å². The second-order valence-electron chi connectivity index (χ2n) is 2.99. The van der Waals surface area contributed by atoms with Crippen LogP contribution < -0.4 is 4.87 Å². The molecule has 84 valence electrons. The van der Waals surface area contributed by atoms with Gasteiger partial charge in [-0.2, -0.15) is 0 Å². The van der Waals surface area contributed by atoms with Crippen molar-refractivity contribution in [3.8, 4) is 0 Å². The number of esters is 1. The van der Waals surface area contributed by atoms with Crippen LogP contribution in [-0.4, -0.2) is 22.6 Å². The molecule has 0 N–H and O–H groups in total. The monoisotopic (exact) mass is 258 g/mol. The number of carbonyl (C=O) groups excluding carboxylic acids is 1. The molecule has 2 rings (SSSR count). The van der Waals surface area contributed by atoms with Crippen molar-refractivity contribution in [2.24, 2.45) is 0 Å². The van der Waals surface area contributed by atoms with Crippen molar-refractivity contribution < 1.29 is 9.53 Å². The van der Waals surface area contributed by atoms with Gasteiger partial charge in [-0.3, -0.25) is 14.2 Å². The zero-order valence-corrected chi connectivity index (χ0v) is 9.84. The number of nitrogens with zero attached hydrogens (tertiary/aromatic N) is 2. The maximum atomic E-state index is 11.6. The number of methoxy groups -OCH3 is 1. The number of hydrogen-bond acceptors (Lipinski definition) is 5. The highest BCUT2D eigenvalue weighted by Gasteiger charge is 2.12. The van der Waals surface area contributed by atoms with Gasteiger partial charge in [-0.25, -0.2) is 4.98 Å². The van der Waals surface area contributed by atoms with Gasteiger partial charge in [0.1, 0.15) is 16.5 Å². The molecule has 0 amide bonds. The number of rotatable bonds is 2. The lowest BCUT2D eigenvalue weighted by molar-refractivity contribution is -0.141. The molecule has 0 aliphatic heterocycles. The van der Waals surface area contributed by atoms with Crippen LogP contribution in [0, 0.1) is 0 Å². The Bertz CT molecular complexity index is 604. The first-order chi connectivity index (χ1) is 7.61. The van der Waals surface area contributed by atoms with Crippen LogP contribution in [0.4, 0.5) is 0 Å². The predicted molar refractivity (Wildman–Crippen MR) is 60.9 cm³/mol. The van der Waals surface area contributed by atoms with E-state index >= 15 is 0 Å². The second-order valence-corrected chi connectivity index (χ2v) is 4.32. The van der Waals surface area contributed by atoms with Gasteiger partial charge >= 0.3 is 10.8 Å². The summed E-state index contributed by atoms with van der Waals surface area (Å²) in [7, 11) is 1.27. The van der Waals surface area contributed by atoms with Gasteiger partial charge in [-0.05, 0) is 12.1 Å². The Hall–Kier alpha value is -1.40. The van der Waals surface area contributed by atoms with Gasteiger partial charge in [0.25, 0.3) is 0 Å². The third kappa shape index (κ3) is 1.94. The number of hydrogen-bond donors (Lipinski definition) is 0. The molecular weight excluding hydrogens is 252 g/mol. The number of carbonyl (C=O) groups is 1. The summed E-state index contributed by atoms with van der Waals surface area (Å²) in [5.41, 5.74) is 0.588. The van der Waals surface area contributed by atoms with Crippen LogP contribution in [0.2, 0.25) is 5.15 Å². The highest BCUT2D eigenvalue weighted by molar-refractivity contribution is 7.16. The lowest BCUT2D eigenvalue weighted by atomic mass is 10.4. The minimum atomic E-state index is -0.475. The molecule has 7 heteroatoms. The first kappa shape index (κ1) is 11.1. The highest BCUT2D eigenvalue weighted by atomic mass is 35.5. The SMILES string of the molecule is COC(=O)Cn1c(=O)sc2nc(Cl)ccc21. The molecule has 0 unspecified atom stereocenters. The second kappa shape index (κ2) is 4.23.